The van der Waals surface area contributed by atoms with Crippen LogP contribution < -0.4 is 5.32 Å². The number of hydrogen-bond donors (Lipinski definition) is 1. The summed E-state index contributed by atoms with van der Waals surface area (Å²) in [5.74, 6) is 0.943. The molecule has 1 amide bonds. The molecule has 0 unspecified atom stereocenters. The predicted molar refractivity (Wildman–Crippen MR) is 81.2 cm³/mol. The molecule has 112 valence electrons. The van der Waals surface area contributed by atoms with Gasteiger partial charge in [0.2, 0.25) is 0 Å². The summed E-state index contributed by atoms with van der Waals surface area (Å²) < 4.78 is 7.12. The summed E-state index contributed by atoms with van der Waals surface area (Å²) in [5.41, 5.74) is 1.99. The summed E-state index contributed by atoms with van der Waals surface area (Å²) in [7, 11) is 0. The van der Waals surface area contributed by atoms with Crippen LogP contribution in [-0.2, 0) is 6.54 Å². The van der Waals surface area contributed by atoms with Gasteiger partial charge in [0.1, 0.15) is 5.82 Å². The molecule has 1 N–H and O–H groups in total. The maximum Gasteiger partial charge on any atom is 0.287 e. The normalized spacial score (nSPS) is 10.6. The van der Waals surface area contributed by atoms with Crippen LogP contribution in [0.5, 0.6) is 0 Å². The molecule has 22 heavy (non-hydrogen) atoms. The first-order valence-corrected chi connectivity index (χ1v) is 7.00. The Kier molecular flexibility index (Phi) is 4.00. The molecule has 6 nitrogen and oxygen atoms in total. The third kappa shape index (κ3) is 2.90. The van der Waals surface area contributed by atoms with Crippen molar-refractivity contribution in [2.24, 2.45) is 0 Å². The van der Waals surface area contributed by atoms with Gasteiger partial charge < -0.3 is 14.3 Å². The van der Waals surface area contributed by atoms with Crippen molar-refractivity contribution in [3.05, 3.63) is 60.6 Å². The molecular weight excluding hydrogens is 280 g/mol. The fraction of sp³-hybridized carbons (Fsp3) is 0.188. The van der Waals surface area contributed by atoms with Gasteiger partial charge in [-0.3, -0.25) is 9.78 Å². The fourth-order valence-corrected chi connectivity index (χ4v) is 2.24. The number of rotatable bonds is 5. The average Bonchev–Trinajstić information content (AvgIpc) is 3.19. The lowest BCUT2D eigenvalue weighted by atomic mass is 10.2. The monoisotopic (exact) mass is 296 g/mol. The summed E-state index contributed by atoms with van der Waals surface area (Å²) in [6.45, 7) is 3.10. The zero-order valence-electron chi connectivity index (χ0n) is 12.2. The van der Waals surface area contributed by atoms with E-state index in [1.54, 1.807) is 24.5 Å². The maximum atomic E-state index is 11.8. The van der Waals surface area contributed by atoms with Gasteiger partial charge in [0.05, 0.1) is 6.26 Å². The maximum absolute atomic E-state index is 11.8. The number of imidazole rings is 1. The Bertz CT molecular complexity index is 748. The van der Waals surface area contributed by atoms with E-state index in [0.717, 1.165) is 17.1 Å². The SMILES string of the molecule is Cc1cnc(-c2cccnc2)n1CCNC(=O)c1ccco1. The molecule has 0 atom stereocenters. The topological polar surface area (TPSA) is 73.0 Å². The molecule has 0 saturated carbocycles. The van der Waals surface area contributed by atoms with Crippen LogP contribution in [0.25, 0.3) is 11.4 Å². The van der Waals surface area contributed by atoms with Gasteiger partial charge in [-0.2, -0.15) is 0 Å². The van der Waals surface area contributed by atoms with Gasteiger partial charge in [0.15, 0.2) is 5.76 Å². The molecule has 0 bridgehead atoms. The number of carbonyl (C=O) groups is 1. The second-order valence-corrected chi connectivity index (χ2v) is 4.85. The zero-order valence-corrected chi connectivity index (χ0v) is 12.2. The number of pyridine rings is 1. The van der Waals surface area contributed by atoms with E-state index >= 15 is 0 Å². The highest BCUT2D eigenvalue weighted by atomic mass is 16.3. The summed E-state index contributed by atoms with van der Waals surface area (Å²) in [6, 6.07) is 7.17. The Morgan fingerprint density at radius 1 is 1.32 bits per heavy atom. The highest BCUT2D eigenvalue weighted by Gasteiger charge is 2.11. The minimum absolute atomic E-state index is 0.217. The van der Waals surface area contributed by atoms with E-state index in [0.29, 0.717) is 18.8 Å². The predicted octanol–water partition coefficient (Wildman–Crippen LogP) is 2.28. The molecule has 0 fully saturated rings. The number of nitrogens with one attached hydrogen (secondary N) is 1. The van der Waals surface area contributed by atoms with Crippen LogP contribution in [0.3, 0.4) is 0 Å². The van der Waals surface area contributed by atoms with E-state index in [2.05, 4.69) is 19.9 Å². The first kappa shape index (κ1) is 14.1. The molecule has 0 aliphatic rings. The van der Waals surface area contributed by atoms with Crippen molar-refractivity contribution in [3.8, 4) is 11.4 Å². The Morgan fingerprint density at radius 3 is 2.95 bits per heavy atom. The van der Waals surface area contributed by atoms with Crippen LogP contribution in [0, 0.1) is 6.92 Å². The highest BCUT2D eigenvalue weighted by molar-refractivity contribution is 5.91. The van der Waals surface area contributed by atoms with Crippen molar-refractivity contribution in [1.29, 1.82) is 0 Å². The number of nitrogens with zero attached hydrogens (tertiary/aromatic N) is 3. The van der Waals surface area contributed by atoms with Gasteiger partial charge in [-0.15, -0.1) is 0 Å². The molecule has 3 heterocycles. The molecule has 0 aliphatic carbocycles. The number of amides is 1. The standard InChI is InChI=1S/C16H16N4O2/c1-12-10-19-15(13-4-2-6-17-11-13)20(12)8-7-18-16(21)14-5-3-9-22-14/h2-6,9-11H,7-8H2,1H3,(H,18,21). The van der Waals surface area contributed by atoms with Gasteiger partial charge in [0, 0.05) is 42.9 Å². The van der Waals surface area contributed by atoms with Gasteiger partial charge in [-0.1, -0.05) is 0 Å². The Hall–Kier alpha value is -2.89. The van der Waals surface area contributed by atoms with Crippen molar-refractivity contribution in [2.45, 2.75) is 13.5 Å². The van der Waals surface area contributed by atoms with Crippen molar-refractivity contribution >= 4 is 5.91 Å². The largest absolute Gasteiger partial charge is 0.459 e. The van der Waals surface area contributed by atoms with Crippen molar-refractivity contribution in [2.75, 3.05) is 6.54 Å². The summed E-state index contributed by atoms with van der Waals surface area (Å²) in [5, 5.41) is 2.83. The number of aromatic nitrogens is 3. The van der Waals surface area contributed by atoms with Crippen LogP contribution >= 0.6 is 0 Å². The molecule has 0 saturated heterocycles. The molecule has 6 heteroatoms. The first-order valence-electron chi connectivity index (χ1n) is 7.00. The first-order chi connectivity index (χ1) is 10.8. The van der Waals surface area contributed by atoms with Crippen molar-refractivity contribution < 1.29 is 9.21 Å². The number of hydrogen-bond acceptors (Lipinski definition) is 4. The third-order valence-corrected chi connectivity index (χ3v) is 3.34. The lowest BCUT2D eigenvalue weighted by molar-refractivity contribution is 0.0924. The van der Waals surface area contributed by atoms with E-state index in [1.165, 1.54) is 6.26 Å². The van der Waals surface area contributed by atoms with E-state index < -0.39 is 0 Å². The zero-order chi connectivity index (χ0) is 15.4. The lowest BCUT2D eigenvalue weighted by Gasteiger charge is -2.10. The second-order valence-electron chi connectivity index (χ2n) is 4.85. The minimum atomic E-state index is -0.217. The van der Waals surface area contributed by atoms with Gasteiger partial charge >= 0.3 is 0 Å². The van der Waals surface area contributed by atoms with Crippen LogP contribution in [0.15, 0.2) is 53.5 Å². The van der Waals surface area contributed by atoms with Gasteiger partial charge in [-0.25, -0.2) is 4.98 Å². The second kappa shape index (κ2) is 6.26. The molecule has 3 aromatic rings. The van der Waals surface area contributed by atoms with Gasteiger partial charge in [-0.05, 0) is 31.2 Å². The minimum Gasteiger partial charge on any atom is -0.459 e. The van der Waals surface area contributed by atoms with E-state index in [-0.39, 0.29) is 5.91 Å². The molecular formula is C16H16N4O2. The van der Waals surface area contributed by atoms with Crippen molar-refractivity contribution in [1.82, 2.24) is 19.9 Å². The van der Waals surface area contributed by atoms with Crippen LogP contribution in [-0.4, -0.2) is 27.0 Å². The molecule has 0 aliphatic heterocycles. The Labute approximate surface area is 127 Å². The fourth-order valence-electron chi connectivity index (χ4n) is 2.24. The molecule has 3 aromatic heterocycles. The lowest BCUT2D eigenvalue weighted by Crippen LogP contribution is -2.27. The number of aryl methyl sites for hydroxylation is 1. The summed E-state index contributed by atoms with van der Waals surface area (Å²) in [6.07, 6.45) is 6.80. The Morgan fingerprint density at radius 2 is 2.23 bits per heavy atom. The highest BCUT2D eigenvalue weighted by Crippen LogP contribution is 2.17. The molecule has 0 spiro atoms. The smallest absolute Gasteiger partial charge is 0.287 e. The van der Waals surface area contributed by atoms with E-state index in [4.69, 9.17) is 4.42 Å². The summed E-state index contributed by atoms with van der Waals surface area (Å²) in [4.78, 5) is 20.4. The summed E-state index contributed by atoms with van der Waals surface area (Å²) >= 11 is 0. The molecule has 3 rings (SSSR count). The van der Waals surface area contributed by atoms with E-state index in [1.807, 2.05) is 25.3 Å². The molecule has 0 aromatic carbocycles. The average molecular weight is 296 g/mol. The van der Waals surface area contributed by atoms with Crippen LogP contribution in [0.1, 0.15) is 16.2 Å². The van der Waals surface area contributed by atoms with Crippen molar-refractivity contribution in [3.63, 3.8) is 0 Å². The van der Waals surface area contributed by atoms with E-state index in [9.17, 15) is 4.79 Å². The third-order valence-electron chi connectivity index (χ3n) is 3.34. The number of furan rings is 1. The Balaban J connectivity index is 1.68. The quantitative estimate of drug-likeness (QED) is 0.784. The number of carbonyl (C=O) groups excluding carboxylic acids is 1. The molecule has 0 radical (unpaired) electrons. The van der Waals surface area contributed by atoms with Crippen LogP contribution in [0.2, 0.25) is 0 Å². The van der Waals surface area contributed by atoms with Gasteiger partial charge in [0.25, 0.3) is 5.91 Å². The van der Waals surface area contributed by atoms with Crippen LogP contribution in [0.4, 0.5) is 0 Å².